The molecule has 6 rings (SSSR count). The minimum Gasteiger partial charge on any atom is -0.338 e. The average molecular weight is 590 g/mol. The summed E-state index contributed by atoms with van der Waals surface area (Å²) in [5.41, 5.74) is 6.53. The Morgan fingerprint density at radius 3 is 2.41 bits per heavy atom. The summed E-state index contributed by atoms with van der Waals surface area (Å²) < 4.78 is 1.77. The van der Waals surface area contributed by atoms with Gasteiger partial charge in [-0.2, -0.15) is 15.3 Å². The van der Waals surface area contributed by atoms with E-state index >= 15 is 0 Å². The molecule has 0 unspecified atom stereocenters. The van der Waals surface area contributed by atoms with Crippen molar-refractivity contribution in [2.75, 3.05) is 36.8 Å². The van der Waals surface area contributed by atoms with Crippen LogP contribution in [0.2, 0.25) is 0 Å². The molecular weight excluding hydrogens is 550 g/mol. The van der Waals surface area contributed by atoms with Crippen LogP contribution in [0.15, 0.2) is 60.3 Å². The Balaban J connectivity index is 1.07. The Bertz CT molecular complexity index is 1700. The predicted molar refractivity (Wildman–Crippen MR) is 173 cm³/mol. The highest BCUT2D eigenvalue weighted by Gasteiger charge is 2.26. The summed E-state index contributed by atoms with van der Waals surface area (Å²) in [6.07, 6.45) is 7.41. The van der Waals surface area contributed by atoms with Gasteiger partial charge in [-0.1, -0.05) is 36.4 Å². The van der Waals surface area contributed by atoms with E-state index in [0.29, 0.717) is 36.4 Å². The predicted octanol–water partition coefficient (Wildman–Crippen LogP) is 5.62. The number of anilines is 4. The van der Waals surface area contributed by atoms with Gasteiger partial charge >= 0.3 is 0 Å². The van der Waals surface area contributed by atoms with Crippen LogP contribution in [-0.4, -0.2) is 56.7 Å². The van der Waals surface area contributed by atoms with Crippen molar-refractivity contribution in [1.29, 1.82) is 5.26 Å². The number of piperidine rings is 2. The molecule has 2 aliphatic rings. The number of allylic oxidation sites excluding steroid dienone is 1. The Morgan fingerprint density at radius 1 is 1.02 bits per heavy atom. The molecule has 10 nitrogen and oxygen atoms in total. The molecule has 2 aliphatic heterocycles. The first-order valence-corrected chi connectivity index (χ1v) is 15.4. The number of nitriles is 1. The van der Waals surface area contributed by atoms with E-state index in [4.69, 9.17) is 4.98 Å². The number of aromatic nitrogens is 4. The first kappa shape index (κ1) is 29.3. The van der Waals surface area contributed by atoms with E-state index in [-0.39, 0.29) is 5.91 Å². The number of nitrogens with one attached hydrogen (secondary N) is 3. The van der Waals surface area contributed by atoms with Gasteiger partial charge in [-0.3, -0.25) is 4.79 Å². The molecule has 2 saturated heterocycles. The van der Waals surface area contributed by atoms with Crippen molar-refractivity contribution in [2.24, 2.45) is 13.0 Å². The zero-order valence-corrected chi connectivity index (χ0v) is 25.6. The first-order valence-electron chi connectivity index (χ1n) is 15.4. The molecule has 3 N–H and O–H groups in total. The number of nitrogens with zero attached hydrogens (tertiary/aromatic N) is 6. The second-order valence-electron chi connectivity index (χ2n) is 11.9. The monoisotopic (exact) mass is 589 g/mol. The second-order valence-corrected chi connectivity index (χ2v) is 11.9. The summed E-state index contributed by atoms with van der Waals surface area (Å²) >= 11 is 0. The van der Waals surface area contributed by atoms with E-state index in [9.17, 15) is 10.1 Å². The Labute approximate surface area is 258 Å². The number of benzene rings is 2. The van der Waals surface area contributed by atoms with Crippen molar-refractivity contribution in [3.05, 3.63) is 77.0 Å². The molecule has 226 valence electrons. The van der Waals surface area contributed by atoms with Crippen LogP contribution in [-0.2, 0) is 11.8 Å². The summed E-state index contributed by atoms with van der Waals surface area (Å²) in [5, 5.41) is 25.3. The van der Waals surface area contributed by atoms with Crippen molar-refractivity contribution in [3.63, 3.8) is 0 Å². The number of hydrogen-bond donors (Lipinski definition) is 3. The van der Waals surface area contributed by atoms with Crippen LogP contribution in [0.3, 0.4) is 0 Å². The maximum Gasteiger partial charge on any atom is 0.264 e. The highest BCUT2D eigenvalue weighted by atomic mass is 16.2. The molecule has 0 atom stereocenters. The van der Waals surface area contributed by atoms with E-state index in [1.165, 1.54) is 5.56 Å². The van der Waals surface area contributed by atoms with Crippen LogP contribution in [0.4, 0.5) is 23.1 Å². The molecule has 4 aromatic rings. The molecule has 2 aromatic carbocycles. The molecule has 2 aromatic heterocycles. The fraction of sp³-hybridized carbons (Fsp3) is 0.382. The lowest BCUT2D eigenvalue weighted by atomic mass is 9.89. The third-order valence-electron chi connectivity index (χ3n) is 8.86. The minimum atomic E-state index is -0.123. The molecule has 4 heterocycles. The van der Waals surface area contributed by atoms with Gasteiger partial charge in [-0.05, 0) is 93.3 Å². The van der Waals surface area contributed by atoms with Gasteiger partial charge in [0.15, 0.2) is 11.5 Å². The van der Waals surface area contributed by atoms with Crippen molar-refractivity contribution < 1.29 is 4.79 Å². The first-order chi connectivity index (χ1) is 21.4. The fourth-order valence-electron chi connectivity index (χ4n) is 6.28. The Morgan fingerprint density at radius 2 is 1.73 bits per heavy atom. The largest absolute Gasteiger partial charge is 0.338 e. The van der Waals surface area contributed by atoms with Gasteiger partial charge in [0.1, 0.15) is 11.6 Å². The minimum absolute atomic E-state index is 0.123. The summed E-state index contributed by atoms with van der Waals surface area (Å²) in [6.45, 7) is 7.35. The van der Waals surface area contributed by atoms with Crippen LogP contribution in [0.5, 0.6) is 0 Å². The standard InChI is InChI=1S/C34H39N9O/c1-22-5-4-6-23(2)30(22)39-31-29-21-37-34(40-32(29)42(3)41-31)38-28-9-7-25(8-10-28)26-13-17-43(18-14-26)33(44)27(20-35)19-24-11-15-36-16-12-24/h4-10,19,21,24,26,36H,11-18H2,1-3H3,(H,39,41)(H,37,38,40)/b27-19+. The van der Waals surface area contributed by atoms with Crippen LogP contribution in [0.1, 0.15) is 48.3 Å². The number of fused-ring (bicyclic) bond motifs is 1. The zero-order valence-electron chi connectivity index (χ0n) is 25.6. The quantitative estimate of drug-likeness (QED) is 0.187. The van der Waals surface area contributed by atoms with Crippen molar-refractivity contribution in [2.45, 2.75) is 45.4 Å². The van der Waals surface area contributed by atoms with Crippen LogP contribution in [0, 0.1) is 31.1 Å². The van der Waals surface area contributed by atoms with Gasteiger partial charge in [-0.25, -0.2) is 9.67 Å². The summed E-state index contributed by atoms with van der Waals surface area (Å²) in [6, 6.07) is 16.7. The molecule has 10 heteroatoms. The third kappa shape index (κ3) is 6.29. The zero-order chi connectivity index (χ0) is 30.6. The molecule has 0 spiro atoms. The summed E-state index contributed by atoms with van der Waals surface area (Å²) in [7, 11) is 1.88. The van der Waals surface area contributed by atoms with Gasteiger partial charge in [0.25, 0.3) is 5.91 Å². The third-order valence-corrected chi connectivity index (χ3v) is 8.86. The number of amides is 1. The number of aryl methyl sites for hydroxylation is 3. The SMILES string of the molecule is Cc1cccc(C)c1Nc1nn(C)c2nc(Nc3ccc(C4CCN(C(=O)/C(C#N)=C/C5CCNCC5)CC4)cc3)ncc12. The highest BCUT2D eigenvalue weighted by molar-refractivity contribution is 5.97. The van der Waals surface area contributed by atoms with E-state index in [0.717, 1.165) is 78.1 Å². The topological polar surface area (TPSA) is 124 Å². The van der Waals surface area contributed by atoms with Gasteiger partial charge in [-0.15, -0.1) is 0 Å². The summed E-state index contributed by atoms with van der Waals surface area (Å²) in [5.74, 6) is 1.79. The number of carbonyl (C=O) groups excluding carboxylic acids is 1. The van der Waals surface area contributed by atoms with Gasteiger partial charge < -0.3 is 20.9 Å². The lowest BCUT2D eigenvalue weighted by Crippen LogP contribution is -2.38. The Kier molecular flexibility index (Phi) is 8.57. The molecule has 1 amide bonds. The second kappa shape index (κ2) is 12.9. The maximum absolute atomic E-state index is 13.1. The van der Waals surface area contributed by atoms with E-state index < -0.39 is 0 Å². The normalized spacial score (nSPS) is 16.6. The number of para-hydroxylation sites is 1. The maximum atomic E-state index is 13.1. The molecule has 0 saturated carbocycles. The molecule has 2 fully saturated rings. The fourth-order valence-corrected chi connectivity index (χ4v) is 6.28. The molecule has 0 bridgehead atoms. The molecule has 44 heavy (non-hydrogen) atoms. The lowest BCUT2D eigenvalue weighted by Gasteiger charge is -2.32. The smallest absolute Gasteiger partial charge is 0.264 e. The van der Waals surface area contributed by atoms with Gasteiger partial charge in [0.05, 0.1) is 5.39 Å². The van der Waals surface area contributed by atoms with Crippen LogP contribution < -0.4 is 16.0 Å². The van der Waals surface area contributed by atoms with Gasteiger partial charge in [0, 0.05) is 37.7 Å². The molecule has 0 aliphatic carbocycles. The van der Waals surface area contributed by atoms with E-state index in [1.54, 1.807) is 10.9 Å². The van der Waals surface area contributed by atoms with E-state index in [1.807, 2.05) is 36.2 Å². The molecule has 0 radical (unpaired) electrons. The van der Waals surface area contributed by atoms with Crippen molar-refractivity contribution in [3.8, 4) is 6.07 Å². The summed E-state index contributed by atoms with van der Waals surface area (Å²) in [4.78, 5) is 24.2. The average Bonchev–Trinajstić information content (AvgIpc) is 3.36. The highest BCUT2D eigenvalue weighted by Crippen LogP contribution is 2.31. The number of hydrogen-bond acceptors (Lipinski definition) is 8. The Hall–Kier alpha value is -4.75. The van der Waals surface area contributed by atoms with Crippen LogP contribution >= 0.6 is 0 Å². The number of rotatable bonds is 7. The van der Waals surface area contributed by atoms with Gasteiger partial charge in [0.2, 0.25) is 5.95 Å². The van der Waals surface area contributed by atoms with Crippen molar-refractivity contribution in [1.82, 2.24) is 30.0 Å². The molecular formula is C34H39N9O. The van der Waals surface area contributed by atoms with Crippen LogP contribution in [0.25, 0.3) is 11.0 Å². The lowest BCUT2D eigenvalue weighted by molar-refractivity contribution is -0.127. The van der Waals surface area contributed by atoms with Crippen molar-refractivity contribution >= 4 is 40.1 Å². The van der Waals surface area contributed by atoms with E-state index in [2.05, 4.69) is 70.2 Å². The number of likely N-dealkylation sites (tertiary alicyclic amines) is 1. The number of carbonyl (C=O) groups is 1.